The molecule has 1 aliphatic heterocycles. The molecule has 0 aromatic heterocycles. The Bertz CT molecular complexity index is 1200. The predicted molar refractivity (Wildman–Crippen MR) is 166 cm³/mol. The van der Waals surface area contributed by atoms with E-state index in [0.29, 0.717) is 25.5 Å². The van der Waals surface area contributed by atoms with Crippen LogP contribution < -0.4 is 21.3 Å². The molecule has 3 saturated carbocycles. The van der Waals surface area contributed by atoms with Crippen molar-refractivity contribution in [2.45, 2.75) is 104 Å². The van der Waals surface area contributed by atoms with Crippen molar-refractivity contribution < 1.29 is 33.5 Å². The van der Waals surface area contributed by atoms with E-state index in [1.165, 1.54) is 11.0 Å². The largest absolute Gasteiger partial charge is 0.464 e. The molecule has 6 atom stereocenters. The summed E-state index contributed by atoms with van der Waals surface area (Å²) in [4.78, 5) is 81.0. The number of carbonyl (C=O) groups excluding carboxylic acids is 6. The number of rotatable bonds is 15. The third kappa shape index (κ3) is 8.05. The molecule has 0 bridgehead atoms. The van der Waals surface area contributed by atoms with Gasteiger partial charge in [0.05, 0.1) is 12.6 Å². The fourth-order valence-electron chi connectivity index (χ4n) is 6.54. The van der Waals surface area contributed by atoms with Crippen molar-refractivity contribution in [3.05, 3.63) is 12.7 Å². The predicted octanol–water partition coefficient (Wildman–Crippen LogP) is 2.07. The zero-order valence-corrected chi connectivity index (χ0v) is 27.6. The molecule has 3 aliphatic carbocycles. The maximum Gasteiger partial charge on any atom is 0.328 e. The van der Waals surface area contributed by atoms with Crippen LogP contribution in [-0.2, 0) is 28.7 Å². The van der Waals surface area contributed by atoms with E-state index in [9.17, 15) is 28.8 Å². The van der Waals surface area contributed by atoms with Crippen molar-refractivity contribution in [1.82, 2.24) is 26.2 Å². The van der Waals surface area contributed by atoms with Gasteiger partial charge in [0.15, 0.2) is 0 Å². The number of hydrogen-bond acceptors (Lipinski definition) is 7. The lowest BCUT2D eigenvalue weighted by molar-refractivity contribution is -0.147. The second-order valence-corrected chi connectivity index (χ2v) is 14.9. The first kappa shape index (κ1) is 34.4. The summed E-state index contributed by atoms with van der Waals surface area (Å²) in [7, 11) is 0. The maximum absolute atomic E-state index is 14.2. The molecule has 5 amide bonds. The zero-order valence-electron chi connectivity index (χ0n) is 27.6. The number of urea groups is 1. The summed E-state index contributed by atoms with van der Waals surface area (Å²) >= 11 is 0. The molecular weight excluding hydrogens is 578 g/mol. The van der Waals surface area contributed by atoms with Crippen molar-refractivity contribution >= 4 is 35.5 Å². The van der Waals surface area contributed by atoms with Crippen LogP contribution in [0.4, 0.5) is 4.79 Å². The van der Waals surface area contributed by atoms with Gasteiger partial charge in [0, 0.05) is 13.1 Å². The van der Waals surface area contributed by atoms with Crippen molar-refractivity contribution in [2.75, 3.05) is 19.7 Å². The number of ketones is 1. The molecule has 12 nitrogen and oxygen atoms in total. The van der Waals surface area contributed by atoms with Crippen LogP contribution in [-0.4, -0.2) is 84.3 Å². The number of esters is 1. The van der Waals surface area contributed by atoms with Crippen molar-refractivity contribution in [2.24, 2.45) is 34.5 Å². The third-order valence-corrected chi connectivity index (χ3v) is 9.78. The highest BCUT2D eigenvalue weighted by Gasteiger charge is 2.70. The van der Waals surface area contributed by atoms with Gasteiger partial charge in [-0.25, -0.2) is 9.59 Å². The molecule has 12 heteroatoms. The van der Waals surface area contributed by atoms with Crippen LogP contribution in [0.1, 0.15) is 80.1 Å². The fourth-order valence-corrected chi connectivity index (χ4v) is 6.54. The number of Topliss-reactive ketones (excluding diaryl/α,β-unsaturated/α-hetero) is 1. The second kappa shape index (κ2) is 13.5. The molecule has 0 radical (unpaired) electrons. The summed E-state index contributed by atoms with van der Waals surface area (Å²) in [5.74, 6) is -2.57. The summed E-state index contributed by atoms with van der Waals surface area (Å²) in [5, 5.41) is 10.8. The number of likely N-dealkylation sites (tertiary alicyclic amines) is 1. The van der Waals surface area contributed by atoms with Crippen molar-refractivity contribution in [1.29, 1.82) is 0 Å². The van der Waals surface area contributed by atoms with Gasteiger partial charge >= 0.3 is 12.0 Å². The summed E-state index contributed by atoms with van der Waals surface area (Å²) in [6, 6.07) is -4.34. The van der Waals surface area contributed by atoms with Crippen LogP contribution >= 0.6 is 0 Å². The van der Waals surface area contributed by atoms with Gasteiger partial charge in [-0.3, -0.25) is 19.2 Å². The van der Waals surface area contributed by atoms with Crippen LogP contribution in [0.2, 0.25) is 0 Å². The fraction of sp³-hybridized carbons (Fsp3) is 0.758. The highest BCUT2D eigenvalue weighted by molar-refractivity contribution is 6.38. The van der Waals surface area contributed by atoms with Crippen molar-refractivity contribution in [3.8, 4) is 0 Å². The summed E-state index contributed by atoms with van der Waals surface area (Å²) in [5.41, 5.74) is -0.923. The van der Waals surface area contributed by atoms with Gasteiger partial charge < -0.3 is 30.9 Å². The molecule has 4 rings (SSSR count). The van der Waals surface area contributed by atoms with E-state index in [1.54, 1.807) is 0 Å². The molecule has 1 heterocycles. The Morgan fingerprint density at radius 1 is 1.02 bits per heavy atom. The minimum atomic E-state index is -1.04. The molecule has 1 saturated heterocycles. The number of fused-ring (bicyclic) bond motifs is 1. The SMILES string of the molecule is C=CCNC(=O)C(=O)C(CCC)NC(=O)[C@@H]1[C@@H]2[C@H](CN1C(=O)[C@@H](NC(=O)N[C@H](C(=O)OCC1CC1)C1CC1)C(C)(C)C)C2(C)C. The van der Waals surface area contributed by atoms with E-state index in [-0.39, 0.29) is 36.1 Å². The lowest BCUT2D eigenvalue weighted by Crippen LogP contribution is -2.62. The van der Waals surface area contributed by atoms with Gasteiger partial charge in [-0.15, -0.1) is 6.58 Å². The third-order valence-electron chi connectivity index (χ3n) is 9.78. The number of carbonyl (C=O) groups is 6. The summed E-state index contributed by atoms with van der Waals surface area (Å²) in [6.45, 7) is 15.8. The number of nitrogens with one attached hydrogen (secondary N) is 4. The number of piperidine rings is 1. The maximum atomic E-state index is 14.2. The lowest BCUT2D eigenvalue weighted by atomic mass is 9.85. The normalized spacial score (nSPS) is 25.1. The highest BCUT2D eigenvalue weighted by Crippen LogP contribution is 2.65. The molecule has 250 valence electrons. The average Bonchev–Trinajstić information content (AvgIpc) is 3.92. The highest BCUT2D eigenvalue weighted by atomic mass is 16.5. The van der Waals surface area contributed by atoms with Crippen LogP contribution in [0.15, 0.2) is 12.7 Å². The molecular formula is C33H51N5O7. The zero-order chi connectivity index (χ0) is 33.3. The van der Waals surface area contributed by atoms with E-state index in [0.717, 1.165) is 25.7 Å². The Morgan fingerprint density at radius 3 is 2.24 bits per heavy atom. The minimum Gasteiger partial charge on any atom is -0.464 e. The van der Waals surface area contributed by atoms with Gasteiger partial charge in [-0.1, -0.05) is 54.0 Å². The summed E-state index contributed by atoms with van der Waals surface area (Å²) < 4.78 is 5.45. The van der Waals surface area contributed by atoms with Crippen LogP contribution in [0.25, 0.3) is 0 Å². The Morgan fingerprint density at radius 2 is 1.69 bits per heavy atom. The van der Waals surface area contributed by atoms with Gasteiger partial charge in [0.1, 0.15) is 18.1 Å². The van der Waals surface area contributed by atoms with E-state index in [1.807, 2.05) is 27.7 Å². The van der Waals surface area contributed by atoms with Crippen LogP contribution in [0, 0.1) is 34.5 Å². The van der Waals surface area contributed by atoms with Gasteiger partial charge in [-0.05, 0) is 66.6 Å². The quantitative estimate of drug-likeness (QED) is 0.122. The molecule has 1 unspecified atom stereocenters. The average molecular weight is 630 g/mol. The van der Waals surface area contributed by atoms with E-state index >= 15 is 0 Å². The number of nitrogens with zero attached hydrogens (tertiary/aromatic N) is 1. The monoisotopic (exact) mass is 629 g/mol. The first-order valence-electron chi connectivity index (χ1n) is 16.4. The Hall–Kier alpha value is -3.44. The molecule has 0 aromatic rings. The molecule has 4 aliphatic rings. The second-order valence-electron chi connectivity index (χ2n) is 14.9. The molecule has 45 heavy (non-hydrogen) atoms. The Labute approximate surface area is 266 Å². The topological polar surface area (TPSA) is 163 Å². The standard InChI is InChI=1S/C33H51N5O7/c1-8-10-21(25(39)28(41)34-15-9-2)35-27(40)24-22-20(33(22,6)7)16-38(24)29(42)26(32(3,4)5)37-31(44)36-23(19-13-14-19)30(43)45-17-18-11-12-18/h9,18-24,26H,2,8,10-17H2,1,3-7H3,(H,34,41)(H,35,40)(H2,36,37,44)/t20-,21?,22-,23-,24-,26+/m0/s1. The number of ether oxygens (including phenoxy) is 1. The van der Waals surface area contributed by atoms with Gasteiger partial charge in [-0.2, -0.15) is 0 Å². The minimum absolute atomic E-state index is 0.00451. The molecule has 0 spiro atoms. The van der Waals surface area contributed by atoms with Crippen LogP contribution in [0.5, 0.6) is 0 Å². The molecule has 0 aromatic carbocycles. The van der Waals surface area contributed by atoms with Crippen molar-refractivity contribution in [3.63, 3.8) is 0 Å². The Balaban J connectivity index is 1.48. The summed E-state index contributed by atoms with van der Waals surface area (Å²) in [6.07, 6.45) is 5.98. The van der Waals surface area contributed by atoms with E-state index in [2.05, 4.69) is 41.7 Å². The van der Waals surface area contributed by atoms with Crippen LogP contribution in [0.3, 0.4) is 0 Å². The van der Waals surface area contributed by atoms with E-state index < -0.39 is 65.1 Å². The lowest BCUT2D eigenvalue weighted by Gasteiger charge is -2.38. The Kier molecular flexibility index (Phi) is 10.3. The number of amides is 5. The molecule has 4 fully saturated rings. The first-order valence-corrected chi connectivity index (χ1v) is 16.4. The van der Waals surface area contributed by atoms with Gasteiger partial charge in [0.25, 0.3) is 5.91 Å². The molecule has 4 N–H and O–H groups in total. The first-order chi connectivity index (χ1) is 21.1. The number of hydrogen-bond donors (Lipinski definition) is 4. The van der Waals surface area contributed by atoms with Gasteiger partial charge in [0.2, 0.25) is 17.6 Å². The smallest absolute Gasteiger partial charge is 0.328 e. The van der Waals surface area contributed by atoms with E-state index in [4.69, 9.17) is 4.74 Å².